The lowest BCUT2D eigenvalue weighted by atomic mass is 10.1. The molecule has 1 atom stereocenters. The van der Waals surface area contributed by atoms with E-state index in [1.165, 1.54) is 12.8 Å². The van der Waals surface area contributed by atoms with Crippen LogP contribution < -0.4 is 10.2 Å². The molecule has 4 heteroatoms. The third-order valence-electron chi connectivity index (χ3n) is 3.63. The molecule has 1 fully saturated rings. The van der Waals surface area contributed by atoms with Gasteiger partial charge in [0.15, 0.2) is 0 Å². The maximum absolute atomic E-state index is 4.74. The van der Waals surface area contributed by atoms with E-state index in [0.717, 1.165) is 37.7 Å². The fraction of sp³-hybridized carbons (Fsp3) is 0.643. The summed E-state index contributed by atoms with van der Waals surface area (Å²) in [5.74, 6) is 1.07. The van der Waals surface area contributed by atoms with Gasteiger partial charge in [-0.3, -0.25) is 0 Å². The van der Waals surface area contributed by atoms with Gasteiger partial charge in [0.05, 0.1) is 5.69 Å². The second kappa shape index (κ2) is 6.05. The summed E-state index contributed by atoms with van der Waals surface area (Å²) in [7, 11) is 2.15. The average molecular weight is 248 g/mol. The minimum Gasteiger partial charge on any atom is -0.341 e. The molecule has 0 amide bonds. The first kappa shape index (κ1) is 13.1. The van der Waals surface area contributed by atoms with Crippen LogP contribution in [0.1, 0.15) is 25.5 Å². The van der Waals surface area contributed by atoms with Crippen LogP contribution in [0.3, 0.4) is 0 Å². The molecule has 0 spiro atoms. The highest BCUT2D eigenvalue weighted by atomic mass is 15.3. The Bertz CT molecular complexity index is 390. The van der Waals surface area contributed by atoms with Crippen LogP contribution in [0.2, 0.25) is 0 Å². The van der Waals surface area contributed by atoms with Gasteiger partial charge in [-0.25, -0.2) is 4.98 Å². The van der Waals surface area contributed by atoms with Gasteiger partial charge in [-0.05, 0) is 25.8 Å². The van der Waals surface area contributed by atoms with Crippen LogP contribution in [0.25, 0.3) is 0 Å². The van der Waals surface area contributed by atoms with Gasteiger partial charge in [0.25, 0.3) is 0 Å². The van der Waals surface area contributed by atoms with Gasteiger partial charge in [-0.1, -0.05) is 13.0 Å². The highest BCUT2D eigenvalue weighted by molar-refractivity contribution is 5.35. The zero-order valence-electron chi connectivity index (χ0n) is 11.5. The maximum atomic E-state index is 4.74. The van der Waals surface area contributed by atoms with Crippen LogP contribution >= 0.6 is 0 Å². The first-order valence-corrected chi connectivity index (χ1v) is 6.86. The van der Waals surface area contributed by atoms with Crippen LogP contribution in [0.15, 0.2) is 18.9 Å². The SMILES string of the molecule is C=CCn1cc(CC)nc1N(C)C1CCCNC1. The molecule has 1 aliphatic heterocycles. The standard InChI is InChI=1S/C14H24N4/c1-4-9-18-11-12(5-2)16-14(18)17(3)13-7-6-8-15-10-13/h4,11,13,15H,1,5-10H2,2-3H3. The maximum Gasteiger partial charge on any atom is 0.206 e. The van der Waals surface area contributed by atoms with Gasteiger partial charge in [0, 0.05) is 32.4 Å². The molecule has 100 valence electrons. The first-order chi connectivity index (χ1) is 8.76. The molecule has 0 aromatic carbocycles. The Hall–Kier alpha value is -1.29. The molecule has 1 saturated heterocycles. The lowest BCUT2D eigenvalue weighted by Crippen LogP contribution is -2.45. The minimum atomic E-state index is 0.550. The third kappa shape index (κ3) is 2.75. The van der Waals surface area contributed by atoms with E-state index >= 15 is 0 Å². The second-order valence-corrected chi connectivity index (χ2v) is 4.94. The van der Waals surface area contributed by atoms with Crippen molar-refractivity contribution in [2.75, 3.05) is 25.0 Å². The number of hydrogen-bond donors (Lipinski definition) is 1. The highest BCUT2D eigenvalue weighted by Gasteiger charge is 2.21. The van der Waals surface area contributed by atoms with E-state index in [-0.39, 0.29) is 0 Å². The molecule has 1 N–H and O–H groups in total. The highest BCUT2D eigenvalue weighted by Crippen LogP contribution is 2.19. The molecule has 0 radical (unpaired) electrons. The molecule has 1 aliphatic rings. The van der Waals surface area contributed by atoms with Gasteiger partial charge >= 0.3 is 0 Å². The van der Waals surface area contributed by atoms with Crippen molar-refractivity contribution < 1.29 is 0 Å². The van der Waals surface area contributed by atoms with Crippen molar-refractivity contribution in [1.82, 2.24) is 14.9 Å². The van der Waals surface area contributed by atoms with Gasteiger partial charge in [0.1, 0.15) is 0 Å². The largest absolute Gasteiger partial charge is 0.341 e. The Morgan fingerprint density at radius 2 is 2.50 bits per heavy atom. The van der Waals surface area contributed by atoms with E-state index < -0.39 is 0 Å². The second-order valence-electron chi connectivity index (χ2n) is 4.94. The number of piperidine rings is 1. The lowest BCUT2D eigenvalue weighted by Gasteiger charge is -2.32. The predicted octanol–water partition coefficient (Wildman–Crippen LogP) is 1.82. The number of rotatable bonds is 5. The summed E-state index contributed by atoms with van der Waals surface area (Å²) in [4.78, 5) is 7.05. The Morgan fingerprint density at radius 1 is 1.67 bits per heavy atom. The number of allylic oxidation sites excluding steroid dienone is 1. The molecule has 1 aromatic rings. The summed E-state index contributed by atoms with van der Waals surface area (Å²) in [6.07, 6.45) is 7.54. The van der Waals surface area contributed by atoms with E-state index in [0.29, 0.717) is 6.04 Å². The van der Waals surface area contributed by atoms with Crippen LogP contribution in [0.4, 0.5) is 5.95 Å². The van der Waals surface area contributed by atoms with Crippen molar-refractivity contribution in [3.05, 3.63) is 24.5 Å². The number of likely N-dealkylation sites (N-methyl/N-ethyl adjacent to an activating group) is 1. The summed E-state index contributed by atoms with van der Waals surface area (Å²) in [6, 6.07) is 0.550. The average Bonchev–Trinajstić information content (AvgIpc) is 2.82. The number of anilines is 1. The number of imidazole rings is 1. The first-order valence-electron chi connectivity index (χ1n) is 6.86. The van der Waals surface area contributed by atoms with Gasteiger partial charge in [-0.15, -0.1) is 6.58 Å². The molecule has 1 aromatic heterocycles. The van der Waals surface area contributed by atoms with E-state index in [1.54, 1.807) is 0 Å². The molecule has 2 rings (SSSR count). The van der Waals surface area contributed by atoms with Crippen LogP contribution in [-0.4, -0.2) is 35.7 Å². The molecule has 1 unspecified atom stereocenters. The quantitative estimate of drug-likeness (QED) is 0.807. The number of aromatic nitrogens is 2. The lowest BCUT2D eigenvalue weighted by molar-refractivity contribution is 0.439. The number of nitrogens with one attached hydrogen (secondary N) is 1. The fourth-order valence-corrected chi connectivity index (χ4v) is 2.51. The molecule has 0 aliphatic carbocycles. The van der Waals surface area contributed by atoms with Gasteiger partial charge < -0.3 is 14.8 Å². The third-order valence-corrected chi connectivity index (χ3v) is 3.63. The summed E-state index contributed by atoms with van der Waals surface area (Å²) in [5.41, 5.74) is 1.16. The van der Waals surface area contributed by atoms with E-state index in [4.69, 9.17) is 4.98 Å². The normalized spacial score (nSPS) is 19.8. The van der Waals surface area contributed by atoms with Crippen molar-refractivity contribution in [2.45, 2.75) is 38.8 Å². The molecule has 0 bridgehead atoms. The molecular weight excluding hydrogens is 224 g/mol. The molecule has 2 heterocycles. The van der Waals surface area contributed by atoms with Crippen LogP contribution in [0.5, 0.6) is 0 Å². The number of aryl methyl sites for hydroxylation is 1. The Labute approximate surface area is 110 Å². The van der Waals surface area contributed by atoms with E-state index in [1.807, 2.05) is 6.08 Å². The van der Waals surface area contributed by atoms with Crippen LogP contribution in [0, 0.1) is 0 Å². The summed E-state index contributed by atoms with van der Waals surface area (Å²) in [6.45, 7) is 9.00. The number of hydrogen-bond acceptors (Lipinski definition) is 3. The van der Waals surface area contributed by atoms with Crippen LogP contribution in [-0.2, 0) is 13.0 Å². The van der Waals surface area contributed by atoms with Gasteiger partial charge in [0.2, 0.25) is 5.95 Å². The monoisotopic (exact) mass is 248 g/mol. The zero-order chi connectivity index (χ0) is 13.0. The number of nitrogens with zero attached hydrogens (tertiary/aromatic N) is 3. The topological polar surface area (TPSA) is 33.1 Å². The summed E-state index contributed by atoms with van der Waals surface area (Å²) in [5, 5.41) is 3.46. The molecular formula is C14H24N4. The zero-order valence-corrected chi connectivity index (χ0v) is 11.5. The Balaban J connectivity index is 2.18. The molecule has 0 saturated carbocycles. The predicted molar refractivity (Wildman–Crippen MR) is 76.1 cm³/mol. The van der Waals surface area contributed by atoms with Crippen molar-refractivity contribution in [2.24, 2.45) is 0 Å². The van der Waals surface area contributed by atoms with E-state index in [2.05, 4.69) is 41.5 Å². The smallest absolute Gasteiger partial charge is 0.206 e. The Morgan fingerprint density at radius 3 is 3.11 bits per heavy atom. The van der Waals surface area contributed by atoms with Crippen molar-refractivity contribution >= 4 is 5.95 Å². The molecule has 18 heavy (non-hydrogen) atoms. The summed E-state index contributed by atoms with van der Waals surface area (Å²) >= 11 is 0. The van der Waals surface area contributed by atoms with Crippen molar-refractivity contribution in [3.8, 4) is 0 Å². The van der Waals surface area contributed by atoms with Crippen molar-refractivity contribution in [3.63, 3.8) is 0 Å². The molecule has 4 nitrogen and oxygen atoms in total. The van der Waals surface area contributed by atoms with Gasteiger partial charge in [-0.2, -0.15) is 0 Å². The van der Waals surface area contributed by atoms with E-state index in [9.17, 15) is 0 Å². The Kier molecular flexibility index (Phi) is 4.42. The minimum absolute atomic E-state index is 0.550. The van der Waals surface area contributed by atoms with Crippen molar-refractivity contribution in [1.29, 1.82) is 0 Å². The summed E-state index contributed by atoms with van der Waals surface area (Å²) < 4.78 is 2.19. The fourth-order valence-electron chi connectivity index (χ4n) is 2.51.